The molecular weight excluding hydrogens is 270 g/mol. The Balaban J connectivity index is 1.92. The van der Waals surface area contributed by atoms with Crippen molar-refractivity contribution in [3.05, 3.63) is 34.2 Å². The molecule has 1 aliphatic rings. The Labute approximate surface area is 122 Å². The number of carbonyl (C=O) groups is 1. The van der Waals surface area contributed by atoms with Crippen LogP contribution in [0.5, 0.6) is 0 Å². The lowest BCUT2D eigenvalue weighted by Crippen LogP contribution is -2.36. The first-order valence-electron chi connectivity index (χ1n) is 7.15. The van der Waals surface area contributed by atoms with Gasteiger partial charge in [0.1, 0.15) is 0 Å². The summed E-state index contributed by atoms with van der Waals surface area (Å²) in [7, 11) is 2.09. The molecule has 3 rings (SSSR count). The number of hydrogen-bond donors (Lipinski definition) is 2. The summed E-state index contributed by atoms with van der Waals surface area (Å²) in [5.41, 5.74) is 1.31. The molecule has 0 bridgehead atoms. The second-order valence-electron chi connectivity index (χ2n) is 5.82. The van der Waals surface area contributed by atoms with E-state index in [0.29, 0.717) is 18.1 Å². The Morgan fingerprint density at radius 1 is 1.52 bits per heavy atom. The Morgan fingerprint density at radius 2 is 2.24 bits per heavy atom. The summed E-state index contributed by atoms with van der Waals surface area (Å²) in [6.45, 7) is 2.70. The summed E-state index contributed by atoms with van der Waals surface area (Å²) in [6, 6.07) is 5.63. The molecule has 6 heteroatoms. The number of carboxylic acid groups (broad SMARTS) is 1. The number of rotatable bonds is 5. The molecule has 1 fully saturated rings. The molecule has 1 unspecified atom stereocenters. The zero-order valence-corrected chi connectivity index (χ0v) is 12.2. The Bertz CT molecular complexity index is 742. The monoisotopic (exact) mass is 289 g/mol. The van der Waals surface area contributed by atoms with Crippen molar-refractivity contribution in [3.63, 3.8) is 0 Å². The highest BCUT2D eigenvalue weighted by Crippen LogP contribution is 2.27. The van der Waals surface area contributed by atoms with Crippen LogP contribution < -0.4 is 5.69 Å². The quantitative estimate of drug-likeness (QED) is 0.874. The number of hydrogen-bond acceptors (Lipinski definition) is 3. The van der Waals surface area contributed by atoms with E-state index in [1.54, 1.807) is 10.6 Å². The summed E-state index contributed by atoms with van der Waals surface area (Å²) in [5, 5.41) is 9.00. The van der Waals surface area contributed by atoms with Crippen LogP contribution >= 0.6 is 0 Å². The van der Waals surface area contributed by atoms with E-state index >= 15 is 0 Å². The van der Waals surface area contributed by atoms with Gasteiger partial charge in [0.2, 0.25) is 0 Å². The van der Waals surface area contributed by atoms with Gasteiger partial charge in [-0.05, 0) is 45.0 Å². The SMILES string of the molecule is CC(Cn1c(=O)[nH]c2cc(C(=O)O)ccc21)N(C)C1CC1. The maximum atomic E-state index is 12.1. The average molecular weight is 289 g/mol. The molecule has 1 aromatic carbocycles. The summed E-state index contributed by atoms with van der Waals surface area (Å²) < 4.78 is 1.69. The number of aromatic amines is 1. The number of aromatic nitrogens is 2. The number of carboxylic acids is 1. The van der Waals surface area contributed by atoms with Crippen molar-refractivity contribution in [1.82, 2.24) is 14.5 Å². The second kappa shape index (κ2) is 5.04. The van der Waals surface area contributed by atoms with Gasteiger partial charge in [-0.1, -0.05) is 0 Å². The van der Waals surface area contributed by atoms with Crippen LogP contribution in [0.3, 0.4) is 0 Å². The predicted molar refractivity (Wildman–Crippen MR) is 79.8 cm³/mol. The molecule has 0 spiro atoms. The van der Waals surface area contributed by atoms with E-state index in [2.05, 4.69) is 23.9 Å². The molecule has 1 aliphatic carbocycles. The molecule has 1 heterocycles. The van der Waals surface area contributed by atoms with E-state index in [-0.39, 0.29) is 17.3 Å². The van der Waals surface area contributed by atoms with E-state index in [9.17, 15) is 9.59 Å². The molecule has 0 amide bonds. The Hall–Kier alpha value is -2.08. The minimum Gasteiger partial charge on any atom is -0.478 e. The number of fused-ring (bicyclic) bond motifs is 1. The van der Waals surface area contributed by atoms with Crippen LogP contribution in [-0.4, -0.2) is 44.7 Å². The van der Waals surface area contributed by atoms with Crippen LogP contribution in [0.1, 0.15) is 30.1 Å². The van der Waals surface area contributed by atoms with Crippen LogP contribution in [0, 0.1) is 0 Å². The maximum absolute atomic E-state index is 12.1. The second-order valence-corrected chi connectivity index (χ2v) is 5.82. The number of likely N-dealkylation sites (N-methyl/N-ethyl adjacent to an activating group) is 1. The number of aromatic carboxylic acids is 1. The fourth-order valence-corrected chi connectivity index (χ4v) is 2.71. The number of nitrogens with one attached hydrogen (secondary N) is 1. The summed E-state index contributed by atoms with van der Waals surface area (Å²) >= 11 is 0. The van der Waals surface area contributed by atoms with E-state index in [4.69, 9.17) is 5.11 Å². The largest absolute Gasteiger partial charge is 0.478 e. The van der Waals surface area contributed by atoms with Gasteiger partial charge < -0.3 is 10.1 Å². The van der Waals surface area contributed by atoms with Gasteiger partial charge in [-0.25, -0.2) is 9.59 Å². The van der Waals surface area contributed by atoms with Gasteiger partial charge in [-0.2, -0.15) is 0 Å². The van der Waals surface area contributed by atoms with Crippen molar-refractivity contribution in [2.75, 3.05) is 7.05 Å². The molecule has 1 saturated carbocycles. The van der Waals surface area contributed by atoms with Gasteiger partial charge >= 0.3 is 11.7 Å². The fraction of sp³-hybridized carbons (Fsp3) is 0.467. The van der Waals surface area contributed by atoms with Gasteiger partial charge in [-0.15, -0.1) is 0 Å². The lowest BCUT2D eigenvalue weighted by molar-refractivity contribution is 0.0697. The lowest BCUT2D eigenvalue weighted by Gasteiger charge is -2.24. The van der Waals surface area contributed by atoms with Crippen molar-refractivity contribution in [2.45, 2.75) is 38.4 Å². The standard InChI is InChI=1S/C15H19N3O3/c1-9(17(2)11-4-5-11)8-18-13-6-3-10(14(19)20)7-12(13)16-15(18)21/h3,6-7,9,11H,4-5,8H2,1-2H3,(H,16,21)(H,19,20). The first kappa shape index (κ1) is 13.9. The minimum absolute atomic E-state index is 0.180. The van der Waals surface area contributed by atoms with E-state index in [1.165, 1.54) is 25.0 Å². The van der Waals surface area contributed by atoms with Crippen LogP contribution in [-0.2, 0) is 6.54 Å². The zero-order valence-electron chi connectivity index (χ0n) is 12.2. The highest BCUT2D eigenvalue weighted by atomic mass is 16.4. The first-order valence-corrected chi connectivity index (χ1v) is 7.15. The smallest absolute Gasteiger partial charge is 0.335 e. The number of imidazole rings is 1. The van der Waals surface area contributed by atoms with Crippen molar-refractivity contribution >= 4 is 17.0 Å². The lowest BCUT2D eigenvalue weighted by atomic mass is 10.2. The highest BCUT2D eigenvalue weighted by Gasteiger charge is 2.29. The molecule has 0 saturated heterocycles. The van der Waals surface area contributed by atoms with Gasteiger partial charge in [-0.3, -0.25) is 9.47 Å². The van der Waals surface area contributed by atoms with Crippen molar-refractivity contribution < 1.29 is 9.90 Å². The normalized spacial score (nSPS) is 16.5. The van der Waals surface area contributed by atoms with E-state index in [0.717, 1.165) is 5.52 Å². The maximum Gasteiger partial charge on any atom is 0.335 e. The average Bonchev–Trinajstić information content (AvgIpc) is 3.24. The molecule has 2 N–H and O–H groups in total. The molecule has 1 aromatic heterocycles. The zero-order chi connectivity index (χ0) is 15.1. The van der Waals surface area contributed by atoms with E-state index < -0.39 is 5.97 Å². The van der Waals surface area contributed by atoms with Gasteiger partial charge in [0, 0.05) is 18.6 Å². The van der Waals surface area contributed by atoms with Gasteiger partial charge in [0.25, 0.3) is 0 Å². The third-order valence-corrected chi connectivity index (χ3v) is 4.29. The number of H-pyrrole nitrogens is 1. The van der Waals surface area contributed by atoms with Crippen LogP contribution in [0.2, 0.25) is 0 Å². The molecule has 2 aromatic rings. The van der Waals surface area contributed by atoms with Crippen molar-refractivity contribution in [3.8, 4) is 0 Å². The minimum atomic E-state index is -0.993. The van der Waals surface area contributed by atoms with Crippen molar-refractivity contribution in [2.24, 2.45) is 0 Å². The number of nitrogens with zero attached hydrogens (tertiary/aromatic N) is 2. The molecule has 112 valence electrons. The van der Waals surface area contributed by atoms with Crippen LogP contribution in [0.15, 0.2) is 23.0 Å². The topological polar surface area (TPSA) is 78.3 Å². The first-order chi connectivity index (χ1) is 9.97. The predicted octanol–water partition coefficient (Wildman–Crippen LogP) is 1.51. The Morgan fingerprint density at radius 3 is 2.86 bits per heavy atom. The van der Waals surface area contributed by atoms with Gasteiger partial charge in [0.15, 0.2) is 0 Å². The third kappa shape index (κ3) is 2.58. The summed E-state index contributed by atoms with van der Waals surface area (Å²) in [4.78, 5) is 28.1. The molecule has 0 aliphatic heterocycles. The van der Waals surface area contributed by atoms with Gasteiger partial charge in [0.05, 0.1) is 16.6 Å². The van der Waals surface area contributed by atoms with Crippen LogP contribution in [0.4, 0.5) is 0 Å². The molecule has 1 atom stereocenters. The molecule has 6 nitrogen and oxygen atoms in total. The summed E-state index contributed by atoms with van der Waals surface area (Å²) in [5.74, 6) is -0.993. The molecule has 0 radical (unpaired) electrons. The molecule has 21 heavy (non-hydrogen) atoms. The Kier molecular flexibility index (Phi) is 3.33. The summed E-state index contributed by atoms with van der Waals surface area (Å²) in [6.07, 6.45) is 2.46. The highest BCUT2D eigenvalue weighted by molar-refractivity contribution is 5.92. The fourth-order valence-electron chi connectivity index (χ4n) is 2.71. The van der Waals surface area contributed by atoms with Crippen molar-refractivity contribution in [1.29, 1.82) is 0 Å². The molecular formula is C15H19N3O3. The van der Waals surface area contributed by atoms with E-state index in [1.807, 2.05) is 0 Å². The van der Waals surface area contributed by atoms with Crippen LogP contribution in [0.25, 0.3) is 11.0 Å². The third-order valence-electron chi connectivity index (χ3n) is 4.29. The number of benzene rings is 1.